The zero-order valence-corrected chi connectivity index (χ0v) is 15.8. The molecule has 0 aliphatic carbocycles. The van der Waals surface area contributed by atoms with E-state index in [2.05, 4.69) is 34.6 Å². The monoisotopic (exact) mass is 504 g/mol. The van der Waals surface area contributed by atoms with E-state index in [9.17, 15) is 0 Å². The van der Waals surface area contributed by atoms with Crippen molar-refractivity contribution in [1.82, 2.24) is 0 Å². The van der Waals surface area contributed by atoms with Crippen molar-refractivity contribution < 1.29 is 26.4 Å². The largest absolute Gasteiger partial charge is 2.00 e. The summed E-state index contributed by atoms with van der Waals surface area (Å²) in [7, 11) is 0. The molecular formula is C12H15CoI2O2-. The first-order valence-corrected chi connectivity index (χ1v) is 6.69. The van der Waals surface area contributed by atoms with Crippen molar-refractivity contribution in [2.24, 2.45) is 0 Å². The molecule has 0 unspecified atom stereocenters. The van der Waals surface area contributed by atoms with Crippen LogP contribution in [0.3, 0.4) is 0 Å². The zero-order valence-electron chi connectivity index (χ0n) is 10.4. The Hall–Kier alpha value is 0.656. The number of carbonyl (C=O) groups excluding carboxylic acids is 2. The summed E-state index contributed by atoms with van der Waals surface area (Å²) in [5.41, 5.74) is 7.34. The first-order chi connectivity index (χ1) is 7.38. The SMILES string of the molecule is Cc1c(C)c(C)[c-](C)c1C.O=[C-]I.O=[C-]I.[Co+2]. The van der Waals surface area contributed by atoms with E-state index >= 15 is 0 Å². The standard InChI is InChI=1S/C10H15.2CIO.Co/c1-6-7(2)9(4)10(5)8(6)3;2*2-1-3;/h1-5H3;;;/q3*-1;+2. The Balaban J connectivity index is -0.000000240. The second-order valence-corrected chi connectivity index (χ2v) is 4.16. The number of rotatable bonds is 0. The van der Waals surface area contributed by atoms with Crippen LogP contribution in [-0.4, -0.2) is 8.59 Å². The third-order valence-corrected chi connectivity index (χ3v) is 2.81. The van der Waals surface area contributed by atoms with Gasteiger partial charge in [0.25, 0.3) is 0 Å². The van der Waals surface area contributed by atoms with Gasteiger partial charge >= 0.3 is 16.8 Å². The van der Waals surface area contributed by atoms with Crippen LogP contribution in [0, 0.1) is 34.6 Å². The molecule has 1 aromatic carbocycles. The van der Waals surface area contributed by atoms with Crippen LogP contribution in [0.4, 0.5) is 0 Å². The molecular weight excluding hydrogens is 489 g/mol. The molecule has 17 heavy (non-hydrogen) atoms. The summed E-state index contributed by atoms with van der Waals surface area (Å²) in [5.74, 6) is 0. The van der Waals surface area contributed by atoms with Gasteiger partial charge in [0.1, 0.15) is 0 Å². The van der Waals surface area contributed by atoms with E-state index < -0.39 is 0 Å². The quantitative estimate of drug-likeness (QED) is 0.305. The summed E-state index contributed by atoms with van der Waals surface area (Å²) in [6.45, 7) is 11.0. The normalized spacial score (nSPS) is 7.71. The molecule has 1 aromatic rings. The third kappa shape index (κ3) is 8.39. The van der Waals surface area contributed by atoms with Crippen molar-refractivity contribution in [3.05, 3.63) is 27.8 Å². The first-order valence-electron chi connectivity index (χ1n) is 4.54. The van der Waals surface area contributed by atoms with Crippen LogP contribution < -0.4 is 0 Å². The molecule has 0 spiro atoms. The fourth-order valence-electron chi connectivity index (χ4n) is 1.41. The fourth-order valence-corrected chi connectivity index (χ4v) is 1.41. The summed E-state index contributed by atoms with van der Waals surface area (Å²) in [6.07, 6.45) is 0. The van der Waals surface area contributed by atoms with Gasteiger partial charge in [0.15, 0.2) is 0 Å². The average molecular weight is 504 g/mol. The summed E-state index contributed by atoms with van der Waals surface area (Å²) < 4.78 is 2.94. The Morgan fingerprint density at radius 1 is 0.882 bits per heavy atom. The number of hydrogen-bond donors (Lipinski definition) is 0. The van der Waals surface area contributed by atoms with Crippen LogP contribution in [0.5, 0.6) is 0 Å². The predicted octanol–water partition coefficient (Wildman–Crippen LogP) is 3.92. The Morgan fingerprint density at radius 2 is 1.06 bits per heavy atom. The van der Waals surface area contributed by atoms with Crippen molar-refractivity contribution in [2.75, 3.05) is 0 Å². The molecule has 0 saturated heterocycles. The molecule has 0 bridgehead atoms. The minimum absolute atomic E-state index is 0. The van der Waals surface area contributed by atoms with Crippen LogP contribution in [0.2, 0.25) is 0 Å². The van der Waals surface area contributed by atoms with Crippen LogP contribution in [0.25, 0.3) is 0 Å². The van der Waals surface area contributed by atoms with E-state index in [0.29, 0.717) is 0 Å². The topological polar surface area (TPSA) is 34.1 Å². The van der Waals surface area contributed by atoms with Gasteiger partial charge in [0.2, 0.25) is 0 Å². The van der Waals surface area contributed by atoms with E-state index in [-0.39, 0.29) is 16.8 Å². The molecule has 0 aliphatic rings. The van der Waals surface area contributed by atoms with Crippen LogP contribution >= 0.6 is 45.2 Å². The summed E-state index contributed by atoms with van der Waals surface area (Å²) in [4.78, 5) is 17.3. The van der Waals surface area contributed by atoms with Crippen LogP contribution in [0.15, 0.2) is 0 Å². The van der Waals surface area contributed by atoms with Gasteiger partial charge < -0.3 is 9.59 Å². The second kappa shape index (κ2) is 13.1. The molecule has 0 N–H and O–H groups in total. The zero-order chi connectivity index (χ0) is 13.3. The Morgan fingerprint density at radius 3 is 1.12 bits per heavy atom. The maximum Gasteiger partial charge on any atom is 2.00 e. The molecule has 1 rings (SSSR count). The van der Waals surface area contributed by atoms with Gasteiger partial charge in [0.05, 0.1) is 0 Å². The van der Waals surface area contributed by atoms with Crippen LogP contribution in [0.1, 0.15) is 27.8 Å². The number of hydrogen-bond acceptors (Lipinski definition) is 2. The number of halogens is 2. The maximum absolute atomic E-state index is 8.67. The Labute approximate surface area is 141 Å². The summed E-state index contributed by atoms with van der Waals surface area (Å²) in [6, 6.07) is 0. The Kier molecular flexibility index (Phi) is 17.6. The van der Waals surface area contributed by atoms with Crippen molar-refractivity contribution >= 4 is 53.8 Å². The fraction of sp³-hybridized carbons (Fsp3) is 0.417. The van der Waals surface area contributed by atoms with E-state index in [1.807, 2.05) is 0 Å². The second-order valence-electron chi connectivity index (χ2n) is 3.28. The molecule has 0 heterocycles. The van der Waals surface area contributed by atoms with Gasteiger partial charge in [0, 0.05) is 0 Å². The van der Waals surface area contributed by atoms with Gasteiger partial charge in [-0.2, -0.15) is 36.4 Å². The molecule has 0 amide bonds. The molecule has 0 atom stereocenters. The molecule has 99 valence electrons. The van der Waals surface area contributed by atoms with Crippen molar-refractivity contribution in [3.8, 4) is 0 Å². The molecule has 5 heteroatoms. The van der Waals surface area contributed by atoms with Gasteiger partial charge in [-0.05, 0) is 0 Å². The van der Waals surface area contributed by atoms with Gasteiger partial charge in [-0.15, -0.1) is 0 Å². The van der Waals surface area contributed by atoms with Crippen LogP contribution in [-0.2, 0) is 26.4 Å². The van der Waals surface area contributed by atoms with Crippen molar-refractivity contribution in [1.29, 1.82) is 0 Å². The van der Waals surface area contributed by atoms with Gasteiger partial charge in [-0.25, -0.2) is 0 Å². The minimum atomic E-state index is 0. The summed E-state index contributed by atoms with van der Waals surface area (Å²) >= 11 is 2.97. The minimum Gasteiger partial charge on any atom is -0.531 e. The van der Waals surface area contributed by atoms with Gasteiger partial charge in [-0.1, -0.05) is 34.6 Å². The van der Waals surface area contributed by atoms with Crippen molar-refractivity contribution in [3.63, 3.8) is 0 Å². The van der Waals surface area contributed by atoms with Gasteiger partial charge in [-0.3, -0.25) is 45.2 Å². The van der Waals surface area contributed by atoms with E-state index in [1.165, 1.54) is 81.6 Å². The third-order valence-electron chi connectivity index (χ3n) is 2.81. The van der Waals surface area contributed by atoms with E-state index in [1.54, 1.807) is 0 Å². The molecule has 0 fully saturated rings. The average Bonchev–Trinajstić information content (AvgIpc) is 2.39. The van der Waals surface area contributed by atoms with E-state index in [0.717, 1.165) is 0 Å². The Bertz CT molecular complexity index is 260. The maximum atomic E-state index is 8.67. The van der Waals surface area contributed by atoms with Crippen molar-refractivity contribution in [2.45, 2.75) is 34.6 Å². The molecule has 0 aliphatic heterocycles. The molecule has 2 nitrogen and oxygen atoms in total. The smallest absolute Gasteiger partial charge is 0.531 e. The summed E-state index contributed by atoms with van der Waals surface area (Å²) in [5, 5.41) is 0. The molecule has 0 aromatic heterocycles. The molecule has 1 radical (unpaired) electrons. The predicted molar refractivity (Wildman–Crippen MR) is 85.1 cm³/mol. The first kappa shape index (κ1) is 22.8. The molecule has 0 saturated carbocycles. The van der Waals surface area contributed by atoms with E-state index in [4.69, 9.17) is 9.59 Å².